The maximum Gasteiger partial charge on any atom is 0.312 e. The van der Waals surface area contributed by atoms with Crippen molar-refractivity contribution in [3.8, 4) is 5.69 Å². The minimum absolute atomic E-state index is 0.248. The van der Waals surface area contributed by atoms with E-state index in [1.807, 2.05) is 57.3 Å². The Balaban J connectivity index is 1.90. The molecule has 3 amide bonds. The van der Waals surface area contributed by atoms with Gasteiger partial charge in [-0.3, -0.25) is 4.79 Å². The van der Waals surface area contributed by atoms with Gasteiger partial charge < -0.3 is 16.4 Å². The van der Waals surface area contributed by atoms with Gasteiger partial charge in [-0.1, -0.05) is 39.0 Å². The SMILES string of the molecule is CC(C)(C)C(NC(N)=O)C(=O)NCCc1cnn(-c2ccccc2)c1. The van der Waals surface area contributed by atoms with E-state index in [1.165, 1.54) is 0 Å². The first kappa shape index (κ1) is 18.5. The van der Waals surface area contributed by atoms with Crippen molar-refractivity contribution in [1.82, 2.24) is 20.4 Å². The lowest BCUT2D eigenvalue weighted by atomic mass is 9.86. The quantitative estimate of drug-likeness (QED) is 0.742. The van der Waals surface area contributed by atoms with Gasteiger partial charge in [-0.05, 0) is 29.5 Å². The van der Waals surface area contributed by atoms with Crippen molar-refractivity contribution in [2.75, 3.05) is 6.54 Å². The van der Waals surface area contributed by atoms with E-state index in [4.69, 9.17) is 5.73 Å². The number of para-hydroxylation sites is 1. The van der Waals surface area contributed by atoms with Crippen LogP contribution in [0, 0.1) is 5.41 Å². The highest BCUT2D eigenvalue weighted by Crippen LogP contribution is 2.19. The standard InChI is InChI=1S/C18H25N5O2/c1-18(2,3)15(22-17(19)25)16(24)20-10-9-13-11-21-23(12-13)14-7-5-4-6-8-14/h4-8,11-12,15H,9-10H2,1-3H3,(H,20,24)(H3,19,22,25). The number of nitrogens with zero attached hydrogens (tertiary/aromatic N) is 2. The lowest BCUT2D eigenvalue weighted by Crippen LogP contribution is -2.55. The molecule has 1 unspecified atom stereocenters. The lowest BCUT2D eigenvalue weighted by Gasteiger charge is -2.29. The molecular weight excluding hydrogens is 318 g/mol. The summed E-state index contributed by atoms with van der Waals surface area (Å²) >= 11 is 0. The van der Waals surface area contributed by atoms with Crippen LogP contribution in [0.3, 0.4) is 0 Å². The molecule has 1 heterocycles. The summed E-state index contributed by atoms with van der Waals surface area (Å²) in [5.74, 6) is -0.248. The van der Waals surface area contributed by atoms with Gasteiger partial charge in [0.05, 0.1) is 11.9 Å². The number of aromatic nitrogens is 2. The second-order valence-electron chi connectivity index (χ2n) is 6.98. The Morgan fingerprint density at radius 3 is 2.52 bits per heavy atom. The minimum Gasteiger partial charge on any atom is -0.354 e. The summed E-state index contributed by atoms with van der Waals surface area (Å²) in [6, 6.07) is 8.42. The van der Waals surface area contributed by atoms with Crippen molar-refractivity contribution in [3.63, 3.8) is 0 Å². The Morgan fingerprint density at radius 1 is 1.24 bits per heavy atom. The maximum absolute atomic E-state index is 12.3. The number of carbonyl (C=O) groups excluding carboxylic acids is 2. The molecular formula is C18H25N5O2. The van der Waals surface area contributed by atoms with Crippen LogP contribution in [0.1, 0.15) is 26.3 Å². The smallest absolute Gasteiger partial charge is 0.312 e. The van der Waals surface area contributed by atoms with Crippen LogP contribution in [-0.2, 0) is 11.2 Å². The number of benzene rings is 1. The van der Waals surface area contributed by atoms with Gasteiger partial charge in [0, 0.05) is 12.7 Å². The van der Waals surface area contributed by atoms with Crippen molar-refractivity contribution >= 4 is 11.9 Å². The number of hydrogen-bond acceptors (Lipinski definition) is 3. The first-order valence-corrected chi connectivity index (χ1v) is 8.20. The Kier molecular flexibility index (Phi) is 5.80. The lowest BCUT2D eigenvalue weighted by molar-refractivity contribution is -0.125. The summed E-state index contributed by atoms with van der Waals surface area (Å²) in [6.45, 7) is 6.07. The molecule has 0 saturated heterocycles. The molecule has 0 radical (unpaired) electrons. The third-order valence-electron chi connectivity index (χ3n) is 3.78. The zero-order valence-electron chi connectivity index (χ0n) is 14.8. The van der Waals surface area contributed by atoms with Crippen LogP contribution in [0.15, 0.2) is 42.7 Å². The van der Waals surface area contributed by atoms with Crippen LogP contribution in [0.5, 0.6) is 0 Å². The topological polar surface area (TPSA) is 102 Å². The fourth-order valence-corrected chi connectivity index (χ4v) is 2.46. The molecule has 134 valence electrons. The Labute approximate surface area is 147 Å². The van der Waals surface area contributed by atoms with Crippen molar-refractivity contribution in [2.24, 2.45) is 11.1 Å². The van der Waals surface area contributed by atoms with E-state index in [1.54, 1.807) is 10.9 Å². The summed E-state index contributed by atoms with van der Waals surface area (Å²) in [5, 5.41) is 9.68. The summed E-state index contributed by atoms with van der Waals surface area (Å²) in [4.78, 5) is 23.5. The molecule has 4 N–H and O–H groups in total. The van der Waals surface area contributed by atoms with Gasteiger partial charge in [0.15, 0.2) is 0 Å². The second kappa shape index (κ2) is 7.83. The van der Waals surface area contributed by atoms with Crippen molar-refractivity contribution < 1.29 is 9.59 Å². The number of carbonyl (C=O) groups is 2. The average molecular weight is 343 g/mol. The fraction of sp³-hybridized carbons (Fsp3) is 0.389. The zero-order chi connectivity index (χ0) is 18.4. The molecule has 7 heteroatoms. The summed E-state index contributed by atoms with van der Waals surface area (Å²) < 4.78 is 1.80. The fourth-order valence-electron chi connectivity index (χ4n) is 2.46. The largest absolute Gasteiger partial charge is 0.354 e. The number of nitrogens with two attached hydrogens (primary N) is 1. The molecule has 1 aromatic carbocycles. The van der Waals surface area contributed by atoms with Crippen LogP contribution in [-0.4, -0.2) is 34.3 Å². The molecule has 0 bridgehead atoms. The molecule has 0 spiro atoms. The number of primary amides is 1. The third kappa shape index (κ3) is 5.34. The molecule has 0 aliphatic heterocycles. The maximum atomic E-state index is 12.3. The number of rotatable bonds is 6. The van der Waals surface area contributed by atoms with Crippen molar-refractivity contribution in [3.05, 3.63) is 48.3 Å². The minimum atomic E-state index is -0.709. The number of urea groups is 1. The summed E-state index contributed by atoms with van der Waals surface area (Å²) in [7, 11) is 0. The first-order chi connectivity index (χ1) is 11.8. The van der Waals surface area contributed by atoms with Gasteiger partial charge in [-0.2, -0.15) is 5.10 Å². The van der Waals surface area contributed by atoms with E-state index >= 15 is 0 Å². The van der Waals surface area contributed by atoms with Crippen LogP contribution in [0.25, 0.3) is 5.69 Å². The van der Waals surface area contributed by atoms with E-state index in [0.29, 0.717) is 13.0 Å². The van der Waals surface area contributed by atoms with Gasteiger partial charge >= 0.3 is 6.03 Å². The monoisotopic (exact) mass is 343 g/mol. The Hall–Kier alpha value is -2.83. The molecule has 1 aromatic heterocycles. The predicted octanol–water partition coefficient (Wildman–Crippen LogP) is 1.61. The van der Waals surface area contributed by atoms with E-state index in [-0.39, 0.29) is 5.91 Å². The highest BCUT2D eigenvalue weighted by Gasteiger charge is 2.31. The third-order valence-corrected chi connectivity index (χ3v) is 3.78. The van der Waals surface area contributed by atoms with Crippen molar-refractivity contribution in [1.29, 1.82) is 0 Å². The Morgan fingerprint density at radius 2 is 1.92 bits per heavy atom. The predicted molar refractivity (Wildman–Crippen MR) is 96.2 cm³/mol. The highest BCUT2D eigenvalue weighted by atomic mass is 16.2. The van der Waals surface area contributed by atoms with E-state index < -0.39 is 17.5 Å². The van der Waals surface area contributed by atoms with Gasteiger partial charge in [0.25, 0.3) is 0 Å². The zero-order valence-corrected chi connectivity index (χ0v) is 14.8. The van der Waals surface area contributed by atoms with Crippen LogP contribution >= 0.6 is 0 Å². The molecule has 25 heavy (non-hydrogen) atoms. The summed E-state index contributed by atoms with van der Waals surface area (Å²) in [6.07, 6.45) is 4.36. The van der Waals surface area contributed by atoms with Gasteiger partial charge in [0.1, 0.15) is 6.04 Å². The summed E-state index contributed by atoms with van der Waals surface area (Å²) in [5.41, 5.74) is 6.73. The molecule has 2 aromatic rings. The van der Waals surface area contributed by atoms with Gasteiger partial charge in [-0.25, -0.2) is 9.48 Å². The Bertz CT molecular complexity index is 719. The molecule has 0 aliphatic rings. The van der Waals surface area contributed by atoms with Crippen LogP contribution in [0.2, 0.25) is 0 Å². The average Bonchev–Trinajstić information content (AvgIpc) is 3.01. The normalized spacial score (nSPS) is 12.4. The molecule has 2 rings (SSSR count). The first-order valence-electron chi connectivity index (χ1n) is 8.20. The number of hydrogen-bond donors (Lipinski definition) is 3. The molecule has 0 aliphatic carbocycles. The molecule has 1 atom stereocenters. The van der Waals surface area contributed by atoms with Crippen molar-refractivity contribution in [2.45, 2.75) is 33.2 Å². The number of nitrogens with one attached hydrogen (secondary N) is 2. The van der Waals surface area contributed by atoms with Gasteiger partial charge in [-0.15, -0.1) is 0 Å². The van der Waals surface area contributed by atoms with Crippen LogP contribution in [0.4, 0.5) is 4.79 Å². The van der Waals surface area contributed by atoms with E-state index in [2.05, 4.69) is 15.7 Å². The highest BCUT2D eigenvalue weighted by molar-refractivity contribution is 5.87. The van der Waals surface area contributed by atoms with E-state index in [9.17, 15) is 9.59 Å². The van der Waals surface area contributed by atoms with Crippen LogP contribution < -0.4 is 16.4 Å². The van der Waals surface area contributed by atoms with Gasteiger partial charge in [0.2, 0.25) is 5.91 Å². The van der Waals surface area contributed by atoms with E-state index in [0.717, 1.165) is 11.3 Å². The second-order valence-corrected chi connectivity index (χ2v) is 6.98. The number of amides is 3. The molecule has 7 nitrogen and oxygen atoms in total. The molecule has 0 saturated carbocycles. The molecule has 0 fully saturated rings.